The maximum absolute atomic E-state index is 12.0. The highest BCUT2D eigenvalue weighted by molar-refractivity contribution is 6.03. The van der Waals surface area contributed by atoms with Crippen molar-refractivity contribution in [1.29, 1.82) is 5.26 Å². The van der Waals surface area contributed by atoms with Gasteiger partial charge in [-0.2, -0.15) is 5.26 Å². The number of carbonyl (C=O) groups is 2. The minimum Gasteiger partial charge on any atom is -0.481 e. The van der Waals surface area contributed by atoms with Gasteiger partial charge >= 0.3 is 5.97 Å². The first-order valence-corrected chi connectivity index (χ1v) is 5.80. The fourth-order valence-electron chi connectivity index (χ4n) is 2.09. The molecule has 0 bridgehead atoms. The highest BCUT2D eigenvalue weighted by Crippen LogP contribution is 2.33. The average molecular weight is 259 g/mol. The number of fused-ring (bicyclic) bond motifs is 1. The lowest BCUT2D eigenvalue weighted by Gasteiger charge is -2.35. The number of hydrogen-bond donors (Lipinski definition) is 1. The minimum absolute atomic E-state index is 0.102. The molecule has 0 radical (unpaired) electrons. The van der Waals surface area contributed by atoms with Crippen molar-refractivity contribution in [1.82, 2.24) is 0 Å². The lowest BCUT2D eigenvalue weighted by atomic mass is 10.1. The number of carbonyl (C=O) groups excluding carboxylic acids is 1. The minimum atomic E-state index is -0.943. The Balaban J connectivity index is 2.37. The zero-order valence-electron chi connectivity index (χ0n) is 10.5. The first kappa shape index (κ1) is 12.9. The van der Waals surface area contributed by atoms with Crippen LogP contribution < -0.4 is 9.80 Å². The van der Waals surface area contributed by atoms with Crippen molar-refractivity contribution >= 4 is 23.3 Å². The lowest BCUT2D eigenvalue weighted by Crippen LogP contribution is -2.45. The van der Waals surface area contributed by atoms with Crippen molar-refractivity contribution in [2.75, 3.05) is 29.9 Å². The molecule has 0 fully saturated rings. The molecule has 1 N–H and O–H groups in total. The van der Waals surface area contributed by atoms with Crippen LogP contribution in [0.15, 0.2) is 18.2 Å². The largest absolute Gasteiger partial charge is 0.481 e. The molecule has 0 aromatic heterocycles. The molecule has 0 saturated heterocycles. The van der Waals surface area contributed by atoms with Gasteiger partial charge in [-0.25, -0.2) is 0 Å². The summed E-state index contributed by atoms with van der Waals surface area (Å²) in [6.45, 7) is 0.322. The number of carboxylic acids is 1. The average Bonchev–Trinajstić information content (AvgIpc) is 2.37. The van der Waals surface area contributed by atoms with Gasteiger partial charge in [0.15, 0.2) is 0 Å². The van der Waals surface area contributed by atoms with Crippen LogP contribution in [-0.4, -0.2) is 37.1 Å². The summed E-state index contributed by atoms with van der Waals surface area (Å²) in [6.07, 6.45) is -0.102. The molecule has 1 heterocycles. The molecule has 0 spiro atoms. The predicted molar refractivity (Wildman–Crippen MR) is 69.0 cm³/mol. The first-order valence-electron chi connectivity index (χ1n) is 5.80. The van der Waals surface area contributed by atoms with E-state index in [0.717, 1.165) is 5.69 Å². The van der Waals surface area contributed by atoms with Gasteiger partial charge < -0.3 is 14.9 Å². The molecule has 1 aliphatic heterocycles. The van der Waals surface area contributed by atoms with Crippen LogP contribution in [0.1, 0.15) is 12.0 Å². The van der Waals surface area contributed by atoms with Crippen LogP contribution in [0.4, 0.5) is 11.4 Å². The number of likely N-dealkylation sites (N-methyl/N-ethyl adjacent to an activating group) is 1. The Kier molecular flexibility index (Phi) is 3.38. The van der Waals surface area contributed by atoms with Crippen molar-refractivity contribution in [3.8, 4) is 6.07 Å². The molecule has 98 valence electrons. The Bertz CT molecular complexity index is 577. The van der Waals surface area contributed by atoms with Crippen molar-refractivity contribution in [2.45, 2.75) is 6.42 Å². The van der Waals surface area contributed by atoms with Crippen LogP contribution in [0.2, 0.25) is 0 Å². The quantitative estimate of drug-likeness (QED) is 0.868. The Labute approximate surface area is 110 Å². The van der Waals surface area contributed by atoms with Gasteiger partial charge in [-0.05, 0) is 18.2 Å². The number of aliphatic carboxylic acids is 1. The van der Waals surface area contributed by atoms with E-state index in [1.54, 1.807) is 30.1 Å². The standard InChI is InChI=1S/C13H13N3O3/c1-15-8-12(17)16(5-4-13(18)19)10-3-2-9(7-14)6-11(10)15/h2-3,6H,4-5,8H2,1H3,(H,18,19). The number of benzene rings is 1. The lowest BCUT2D eigenvalue weighted by molar-refractivity contribution is -0.136. The van der Waals surface area contributed by atoms with E-state index in [-0.39, 0.29) is 25.4 Å². The number of nitrogens with zero attached hydrogens (tertiary/aromatic N) is 3. The second-order valence-corrected chi connectivity index (χ2v) is 4.36. The smallest absolute Gasteiger partial charge is 0.305 e. The first-order chi connectivity index (χ1) is 9.02. The van der Waals surface area contributed by atoms with Crippen LogP contribution >= 0.6 is 0 Å². The van der Waals surface area contributed by atoms with E-state index < -0.39 is 5.97 Å². The summed E-state index contributed by atoms with van der Waals surface area (Å²) in [5.41, 5.74) is 1.93. The van der Waals surface area contributed by atoms with Crippen molar-refractivity contribution < 1.29 is 14.7 Å². The van der Waals surface area contributed by atoms with E-state index in [0.29, 0.717) is 11.3 Å². The third kappa shape index (κ3) is 2.50. The van der Waals surface area contributed by atoms with Crippen LogP contribution in [0.3, 0.4) is 0 Å². The van der Waals surface area contributed by atoms with Gasteiger partial charge in [-0.1, -0.05) is 0 Å². The topological polar surface area (TPSA) is 84.6 Å². The number of rotatable bonds is 3. The Morgan fingerprint density at radius 3 is 2.84 bits per heavy atom. The number of nitriles is 1. The van der Waals surface area contributed by atoms with Gasteiger partial charge in [-0.15, -0.1) is 0 Å². The fraction of sp³-hybridized carbons (Fsp3) is 0.308. The summed E-state index contributed by atoms with van der Waals surface area (Å²) in [4.78, 5) is 25.8. The number of amides is 1. The zero-order valence-corrected chi connectivity index (χ0v) is 10.5. The molecule has 2 rings (SSSR count). The van der Waals surface area contributed by atoms with Crippen LogP contribution in [-0.2, 0) is 9.59 Å². The summed E-state index contributed by atoms with van der Waals surface area (Å²) in [7, 11) is 1.77. The third-order valence-electron chi connectivity index (χ3n) is 3.03. The normalized spacial score (nSPS) is 14.0. The van der Waals surface area contributed by atoms with Gasteiger partial charge in [0.05, 0.1) is 36.0 Å². The van der Waals surface area contributed by atoms with Gasteiger partial charge in [0.2, 0.25) is 5.91 Å². The van der Waals surface area contributed by atoms with E-state index in [4.69, 9.17) is 10.4 Å². The molecule has 0 saturated carbocycles. The van der Waals surface area contributed by atoms with E-state index in [2.05, 4.69) is 0 Å². The molecule has 1 aromatic carbocycles. The molecule has 1 amide bonds. The van der Waals surface area contributed by atoms with Crippen molar-refractivity contribution in [3.63, 3.8) is 0 Å². The fourth-order valence-corrected chi connectivity index (χ4v) is 2.09. The molecule has 6 heteroatoms. The molecule has 0 atom stereocenters. The number of carboxylic acid groups (broad SMARTS) is 1. The summed E-state index contributed by atoms with van der Waals surface area (Å²) in [5.74, 6) is -1.08. The van der Waals surface area contributed by atoms with E-state index in [9.17, 15) is 9.59 Å². The van der Waals surface area contributed by atoms with Crippen LogP contribution in [0.25, 0.3) is 0 Å². The highest BCUT2D eigenvalue weighted by atomic mass is 16.4. The summed E-state index contributed by atoms with van der Waals surface area (Å²) >= 11 is 0. The van der Waals surface area contributed by atoms with Gasteiger partial charge in [0, 0.05) is 13.6 Å². The van der Waals surface area contributed by atoms with Crippen molar-refractivity contribution in [2.24, 2.45) is 0 Å². The van der Waals surface area contributed by atoms with E-state index in [1.165, 1.54) is 4.90 Å². The molecule has 19 heavy (non-hydrogen) atoms. The molecule has 6 nitrogen and oxygen atoms in total. The summed E-state index contributed by atoms with van der Waals surface area (Å²) < 4.78 is 0. The molecule has 1 aromatic rings. The SMILES string of the molecule is CN1CC(=O)N(CCC(=O)O)c2ccc(C#N)cc21. The van der Waals surface area contributed by atoms with Gasteiger partial charge in [0.25, 0.3) is 0 Å². The number of anilines is 2. The van der Waals surface area contributed by atoms with Gasteiger partial charge in [0.1, 0.15) is 0 Å². The Morgan fingerprint density at radius 1 is 1.47 bits per heavy atom. The van der Waals surface area contributed by atoms with Crippen LogP contribution in [0.5, 0.6) is 0 Å². The maximum Gasteiger partial charge on any atom is 0.305 e. The predicted octanol–water partition coefficient (Wildman–Crippen LogP) is 0.816. The monoisotopic (exact) mass is 259 g/mol. The number of hydrogen-bond acceptors (Lipinski definition) is 4. The zero-order chi connectivity index (χ0) is 14.0. The Hall–Kier alpha value is -2.55. The second-order valence-electron chi connectivity index (χ2n) is 4.36. The summed E-state index contributed by atoms with van der Waals surface area (Å²) in [5, 5.41) is 17.6. The molecule has 0 unspecified atom stereocenters. The second kappa shape index (κ2) is 4.98. The van der Waals surface area contributed by atoms with E-state index >= 15 is 0 Å². The van der Waals surface area contributed by atoms with Crippen LogP contribution in [0, 0.1) is 11.3 Å². The summed E-state index contributed by atoms with van der Waals surface area (Å²) in [6, 6.07) is 7.06. The maximum atomic E-state index is 12.0. The molecule has 1 aliphatic rings. The molecular formula is C13H13N3O3. The molecular weight excluding hydrogens is 246 g/mol. The van der Waals surface area contributed by atoms with E-state index in [1.807, 2.05) is 6.07 Å². The van der Waals surface area contributed by atoms with Crippen molar-refractivity contribution in [3.05, 3.63) is 23.8 Å². The Morgan fingerprint density at radius 2 is 2.21 bits per heavy atom. The highest BCUT2D eigenvalue weighted by Gasteiger charge is 2.27. The molecule has 0 aliphatic carbocycles. The van der Waals surface area contributed by atoms with Gasteiger partial charge in [-0.3, -0.25) is 9.59 Å². The third-order valence-corrected chi connectivity index (χ3v) is 3.03.